The first kappa shape index (κ1) is 14.7. The molecule has 0 radical (unpaired) electrons. The molecule has 0 aliphatic rings. The Hall–Kier alpha value is -1.33. The number of aromatic nitrogens is 2. The van der Waals surface area contributed by atoms with Crippen LogP contribution >= 0.6 is 23.1 Å². The number of amides is 1. The summed E-state index contributed by atoms with van der Waals surface area (Å²) >= 11 is 2.83. The van der Waals surface area contributed by atoms with Gasteiger partial charge in [-0.2, -0.15) is 5.26 Å². The van der Waals surface area contributed by atoms with Crippen LogP contribution in [-0.4, -0.2) is 54.4 Å². The van der Waals surface area contributed by atoms with Crippen molar-refractivity contribution in [3.63, 3.8) is 0 Å². The van der Waals surface area contributed by atoms with Gasteiger partial charge in [-0.05, 0) is 0 Å². The number of nitrogens with zero attached hydrogens (tertiary/aromatic N) is 5. The summed E-state index contributed by atoms with van der Waals surface area (Å²) in [6, 6.07) is 2.02. The Balaban J connectivity index is 2.40. The van der Waals surface area contributed by atoms with Crippen molar-refractivity contribution in [1.29, 1.82) is 5.26 Å². The first-order chi connectivity index (χ1) is 8.54. The minimum absolute atomic E-state index is 0.00291. The van der Waals surface area contributed by atoms with E-state index in [-0.39, 0.29) is 5.91 Å². The Bertz CT molecular complexity index is 440. The quantitative estimate of drug-likeness (QED) is 0.728. The highest BCUT2D eigenvalue weighted by Crippen LogP contribution is 2.26. The predicted molar refractivity (Wildman–Crippen MR) is 72.8 cm³/mol. The first-order valence-corrected chi connectivity index (χ1v) is 7.09. The molecule has 0 aliphatic heterocycles. The zero-order chi connectivity index (χ0) is 13.5. The van der Waals surface area contributed by atoms with Crippen molar-refractivity contribution in [2.24, 2.45) is 0 Å². The van der Waals surface area contributed by atoms with Gasteiger partial charge in [0.15, 0.2) is 4.34 Å². The molecule has 0 unspecified atom stereocenters. The van der Waals surface area contributed by atoms with E-state index in [1.165, 1.54) is 23.1 Å². The van der Waals surface area contributed by atoms with E-state index in [0.29, 0.717) is 18.7 Å². The Morgan fingerprint density at radius 3 is 2.72 bits per heavy atom. The third kappa shape index (κ3) is 4.50. The summed E-state index contributed by atoms with van der Waals surface area (Å²) in [7, 11) is 5.50. The minimum atomic E-state index is -0.00291. The monoisotopic (exact) mass is 285 g/mol. The summed E-state index contributed by atoms with van der Waals surface area (Å²) in [5.74, 6) is 0.320. The Morgan fingerprint density at radius 2 is 2.17 bits per heavy atom. The van der Waals surface area contributed by atoms with E-state index in [2.05, 4.69) is 10.2 Å². The lowest BCUT2D eigenvalue weighted by Crippen LogP contribution is -2.29. The van der Waals surface area contributed by atoms with Crippen molar-refractivity contribution in [3.8, 4) is 6.07 Å². The fourth-order valence-electron chi connectivity index (χ4n) is 1.02. The second kappa shape index (κ2) is 7.18. The maximum Gasteiger partial charge on any atom is 0.232 e. The van der Waals surface area contributed by atoms with Gasteiger partial charge in [0.1, 0.15) is 0 Å². The van der Waals surface area contributed by atoms with Gasteiger partial charge in [-0.1, -0.05) is 23.1 Å². The molecule has 6 nitrogen and oxygen atoms in total. The molecule has 0 saturated heterocycles. The fraction of sp³-hybridized carbons (Fsp3) is 0.600. The zero-order valence-corrected chi connectivity index (χ0v) is 12.2. The molecule has 8 heteroatoms. The summed E-state index contributed by atoms with van der Waals surface area (Å²) in [5, 5.41) is 17.3. The van der Waals surface area contributed by atoms with Crippen LogP contribution in [0, 0.1) is 11.3 Å². The largest absolute Gasteiger partial charge is 0.353 e. The van der Waals surface area contributed by atoms with Gasteiger partial charge >= 0.3 is 0 Å². The lowest BCUT2D eigenvalue weighted by molar-refractivity contribution is -0.127. The van der Waals surface area contributed by atoms with E-state index in [1.807, 2.05) is 25.1 Å². The van der Waals surface area contributed by atoms with E-state index < -0.39 is 0 Å². The molecule has 1 aromatic rings. The molecule has 0 saturated carbocycles. The van der Waals surface area contributed by atoms with E-state index in [4.69, 9.17) is 5.26 Å². The predicted octanol–water partition coefficient (Wildman–Crippen LogP) is 1.07. The molecule has 0 fully saturated rings. The van der Waals surface area contributed by atoms with Crippen molar-refractivity contribution in [2.45, 2.75) is 10.8 Å². The summed E-state index contributed by atoms with van der Waals surface area (Å²) in [6.45, 7) is 0.467. The molecular formula is C10H15N5OS2. The third-order valence-corrected chi connectivity index (χ3v) is 4.29. The number of hydrogen-bond donors (Lipinski definition) is 0. The molecule has 0 atom stereocenters. The molecular weight excluding hydrogens is 270 g/mol. The number of hydrogen-bond acceptors (Lipinski definition) is 7. The summed E-state index contributed by atoms with van der Waals surface area (Å²) < 4.78 is 0.778. The van der Waals surface area contributed by atoms with E-state index in [0.717, 1.165) is 9.47 Å². The van der Waals surface area contributed by atoms with Crippen LogP contribution in [0.3, 0.4) is 0 Å². The maximum atomic E-state index is 11.7. The van der Waals surface area contributed by atoms with Crippen LogP contribution in [0.4, 0.5) is 5.13 Å². The van der Waals surface area contributed by atoms with Gasteiger partial charge in [-0.15, -0.1) is 10.2 Å². The molecule has 18 heavy (non-hydrogen) atoms. The van der Waals surface area contributed by atoms with Gasteiger partial charge < -0.3 is 9.80 Å². The average Bonchev–Trinajstić information content (AvgIpc) is 2.81. The van der Waals surface area contributed by atoms with Crippen LogP contribution in [0.2, 0.25) is 0 Å². The summed E-state index contributed by atoms with van der Waals surface area (Å²) in [6.07, 6.45) is 0.358. The van der Waals surface area contributed by atoms with E-state index in [1.54, 1.807) is 11.9 Å². The molecule has 0 aliphatic carbocycles. The van der Waals surface area contributed by atoms with Crippen LogP contribution in [0.15, 0.2) is 4.34 Å². The van der Waals surface area contributed by atoms with Gasteiger partial charge in [0.05, 0.1) is 18.2 Å². The normalized spacial score (nSPS) is 9.89. The molecule has 0 aromatic carbocycles. The number of carbonyl (C=O) groups excluding carboxylic acids is 1. The lowest BCUT2D eigenvalue weighted by Gasteiger charge is -2.14. The van der Waals surface area contributed by atoms with Gasteiger partial charge in [0.25, 0.3) is 0 Å². The van der Waals surface area contributed by atoms with Crippen LogP contribution in [0.1, 0.15) is 6.42 Å². The number of nitriles is 1. The molecule has 1 rings (SSSR count). The maximum absolute atomic E-state index is 11.7. The fourth-order valence-corrected chi connectivity index (χ4v) is 2.72. The average molecular weight is 285 g/mol. The number of rotatable bonds is 6. The number of thioether (sulfide) groups is 1. The van der Waals surface area contributed by atoms with Crippen molar-refractivity contribution >= 4 is 34.1 Å². The highest BCUT2D eigenvalue weighted by atomic mass is 32.2. The molecule has 98 valence electrons. The standard InChI is InChI=1S/C10H15N5OS2/c1-14(2)9-12-13-10(18-9)17-7-8(16)15(3)6-4-5-11/h4,6-7H2,1-3H3. The second-order valence-electron chi connectivity index (χ2n) is 3.76. The summed E-state index contributed by atoms with van der Waals surface area (Å²) in [4.78, 5) is 15.1. The first-order valence-electron chi connectivity index (χ1n) is 5.29. The highest BCUT2D eigenvalue weighted by Gasteiger charge is 2.12. The zero-order valence-electron chi connectivity index (χ0n) is 10.6. The van der Waals surface area contributed by atoms with E-state index in [9.17, 15) is 4.79 Å². The SMILES string of the molecule is CN(CCC#N)C(=O)CSc1nnc(N(C)C)s1. The smallest absolute Gasteiger partial charge is 0.232 e. The Kier molecular flexibility index (Phi) is 5.88. The van der Waals surface area contributed by atoms with Gasteiger partial charge in [-0.25, -0.2) is 0 Å². The Labute approximate surface area is 115 Å². The molecule has 0 bridgehead atoms. The molecule has 1 amide bonds. The highest BCUT2D eigenvalue weighted by molar-refractivity contribution is 8.01. The summed E-state index contributed by atoms with van der Waals surface area (Å²) in [5.41, 5.74) is 0. The van der Waals surface area contributed by atoms with Crippen molar-refractivity contribution in [3.05, 3.63) is 0 Å². The van der Waals surface area contributed by atoms with Crippen molar-refractivity contribution < 1.29 is 4.79 Å². The second-order valence-corrected chi connectivity index (χ2v) is 5.94. The number of anilines is 1. The topological polar surface area (TPSA) is 73.1 Å². The Morgan fingerprint density at radius 1 is 1.44 bits per heavy atom. The van der Waals surface area contributed by atoms with Gasteiger partial charge in [-0.3, -0.25) is 4.79 Å². The molecule has 1 aromatic heterocycles. The third-order valence-electron chi connectivity index (χ3n) is 2.08. The van der Waals surface area contributed by atoms with Crippen LogP contribution in [0.5, 0.6) is 0 Å². The van der Waals surface area contributed by atoms with Crippen molar-refractivity contribution in [1.82, 2.24) is 15.1 Å². The van der Waals surface area contributed by atoms with Crippen LogP contribution < -0.4 is 4.90 Å². The van der Waals surface area contributed by atoms with Gasteiger partial charge in [0, 0.05) is 27.7 Å². The van der Waals surface area contributed by atoms with Crippen LogP contribution in [0.25, 0.3) is 0 Å². The van der Waals surface area contributed by atoms with Crippen LogP contribution in [-0.2, 0) is 4.79 Å². The van der Waals surface area contributed by atoms with E-state index >= 15 is 0 Å². The lowest BCUT2D eigenvalue weighted by atomic mass is 10.4. The number of carbonyl (C=O) groups is 1. The minimum Gasteiger partial charge on any atom is -0.353 e. The molecule has 1 heterocycles. The van der Waals surface area contributed by atoms with Crippen molar-refractivity contribution in [2.75, 3.05) is 38.3 Å². The molecule has 0 N–H and O–H groups in total. The molecule has 0 spiro atoms. The van der Waals surface area contributed by atoms with Gasteiger partial charge in [0.2, 0.25) is 11.0 Å².